The molecule has 0 atom stereocenters. The second-order valence-corrected chi connectivity index (χ2v) is 4.61. The number of ether oxygens (including phenoxy) is 1. The Morgan fingerprint density at radius 2 is 1.95 bits per heavy atom. The smallest absolute Gasteiger partial charge is 0.338 e. The lowest BCUT2D eigenvalue weighted by Crippen LogP contribution is -2.06. The fourth-order valence-corrected chi connectivity index (χ4v) is 2.04. The van der Waals surface area contributed by atoms with Gasteiger partial charge < -0.3 is 10.1 Å². The zero-order chi connectivity index (χ0) is 15.1. The molecule has 0 aliphatic carbocycles. The Balaban J connectivity index is 2.10. The Bertz CT molecular complexity index is 633. The number of hydrogen-bond acceptors (Lipinski definition) is 3. The first kappa shape index (κ1) is 14.9. The number of esters is 1. The van der Waals surface area contributed by atoms with E-state index < -0.39 is 0 Å². The van der Waals surface area contributed by atoms with Crippen LogP contribution in [0.1, 0.15) is 28.4 Å². The van der Waals surface area contributed by atoms with Crippen LogP contribution in [0.5, 0.6) is 0 Å². The summed E-state index contributed by atoms with van der Waals surface area (Å²) >= 11 is 0. The molecule has 2 aromatic rings. The van der Waals surface area contributed by atoms with Gasteiger partial charge in [-0.3, -0.25) is 0 Å². The minimum Gasteiger partial charge on any atom is -0.457 e. The van der Waals surface area contributed by atoms with E-state index in [1.54, 1.807) is 6.07 Å². The van der Waals surface area contributed by atoms with Crippen molar-refractivity contribution in [3.63, 3.8) is 0 Å². The van der Waals surface area contributed by atoms with Crippen LogP contribution in [0, 0.1) is 0 Å². The molecule has 3 nitrogen and oxygen atoms in total. The number of allylic oxidation sites excluding steroid dienone is 1. The van der Waals surface area contributed by atoms with Crippen LogP contribution in [0.25, 0.3) is 6.08 Å². The average molecular weight is 281 g/mol. The van der Waals surface area contributed by atoms with Gasteiger partial charge >= 0.3 is 5.97 Å². The summed E-state index contributed by atoms with van der Waals surface area (Å²) in [6.07, 6.45) is 3.90. The number of carbonyl (C=O) groups excluding carboxylic acids is 1. The van der Waals surface area contributed by atoms with E-state index in [1.807, 2.05) is 68.6 Å². The average Bonchev–Trinajstić information content (AvgIpc) is 2.54. The monoisotopic (exact) mass is 281 g/mol. The molecule has 0 heterocycles. The number of rotatable bonds is 5. The van der Waals surface area contributed by atoms with Gasteiger partial charge in [0.15, 0.2) is 0 Å². The van der Waals surface area contributed by atoms with Crippen molar-refractivity contribution in [1.82, 2.24) is 0 Å². The van der Waals surface area contributed by atoms with Gasteiger partial charge in [-0.2, -0.15) is 0 Å². The molecule has 108 valence electrons. The molecule has 3 heteroatoms. The van der Waals surface area contributed by atoms with Gasteiger partial charge in [0.05, 0.1) is 5.56 Å². The van der Waals surface area contributed by atoms with Gasteiger partial charge in [0.1, 0.15) is 6.61 Å². The van der Waals surface area contributed by atoms with Crippen LogP contribution in [0.15, 0.2) is 54.6 Å². The molecular weight excluding hydrogens is 262 g/mol. The molecule has 1 N–H and O–H groups in total. The molecule has 0 saturated heterocycles. The minimum atomic E-state index is -0.313. The fraction of sp³-hybridized carbons (Fsp3) is 0.167. The Hall–Kier alpha value is -2.55. The predicted octanol–water partition coefficient (Wildman–Crippen LogP) is 4.12. The first-order chi connectivity index (χ1) is 10.2. The zero-order valence-corrected chi connectivity index (χ0v) is 12.3. The molecule has 0 fully saturated rings. The third-order valence-corrected chi connectivity index (χ3v) is 3.12. The summed E-state index contributed by atoms with van der Waals surface area (Å²) in [5.41, 5.74) is 3.48. The summed E-state index contributed by atoms with van der Waals surface area (Å²) in [5.74, 6) is -0.313. The van der Waals surface area contributed by atoms with E-state index in [9.17, 15) is 4.79 Å². The second-order valence-electron chi connectivity index (χ2n) is 4.61. The Kier molecular flexibility index (Phi) is 5.16. The third kappa shape index (κ3) is 3.96. The number of anilines is 1. The van der Waals surface area contributed by atoms with Gasteiger partial charge in [-0.1, -0.05) is 42.5 Å². The highest BCUT2D eigenvalue weighted by molar-refractivity contribution is 5.91. The number of nitrogens with one attached hydrogen (secondary N) is 1. The molecule has 0 aliphatic rings. The molecule has 0 saturated carbocycles. The highest BCUT2D eigenvalue weighted by atomic mass is 16.5. The minimum absolute atomic E-state index is 0.284. The van der Waals surface area contributed by atoms with Crippen molar-refractivity contribution in [2.75, 3.05) is 12.4 Å². The van der Waals surface area contributed by atoms with Crippen molar-refractivity contribution in [3.8, 4) is 0 Å². The van der Waals surface area contributed by atoms with Crippen molar-refractivity contribution < 1.29 is 9.53 Å². The van der Waals surface area contributed by atoms with Gasteiger partial charge in [0, 0.05) is 12.7 Å². The van der Waals surface area contributed by atoms with E-state index in [0.717, 1.165) is 16.8 Å². The predicted molar refractivity (Wildman–Crippen MR) is 86.3 cm³/mol. The Morgan fingerprint density at radius 3 is 2.62 bits per heavy atom. The van der Waals surface area contributed by atoms with Crippen LogP contribution in [0.2, 0.25) is 0 Å². The topological polar surface area (TPSA) is 38.3 Å². The number of carbonyl (C=O) groups is 1. The summed E-state index contributed by atoms with van der Waals surface area (Å²) in [7, 11) is 1.86. The van der Waals surface area contributed by atoms with Crippen LogP contribution < -0.4 is 5.32 Å². The van der Waals surface area contributed by atoms with E-state index >= 15 is 0 Å². The molecule has 0 unspecified atom stereocenters. The molecule has 0 bridgehead atoms. The van der Waals surface area contributed by atoms with E-state index in [-0.39, 0.29) is 12.6 Å². The van der Waals surface area contributed by atoms with Crippen LogP contribution in [0.4, 0.5) is 5.69 Å². The summed E-state index contributed by atoms with van der Waals surface area (Å²) in [6, 6.07) is 15.1. The molecule has 2 aromatic carbocycles. The summed E-state index contributed by atoms with van der Waals surface area (Å²) < 4.78 is 5.34. The van der Waals surface area contributed by atoms with Crippen molar-refractivity contribution in [3.05, 3.63) is 71.3 Å². The van der Waals surface area contributed by atoms with Crippen LogP contribution >= 0.6 is 0 Å². The molecule has 0 amide bonds. The molecule has 0 aromatic heterocycles. The van der Waals surface area contributed by atoms with Gasteiger partial charge in [-0.25, -0.2) is 4.79 Å². The molecular formula is C18H19NO2. The molecule has 2 rings (SSSR count). The molecule has 0 aliphatic heterocycles. The van der Waals surface area contributed by atoms with Crippen molar-refractivity contribution in [2.24, 2.45) is 0 Å². The second kappa shape index (κ2) is 7.29. The fourth-order valence-electron chi connectivity index (χ4n) is 2.04. The molecule has 0 radical (unpaired) electrons. The summed E-state index contributed by atoms with van der Waals surface area (Å²) in [6.45, 7) is 2.23. The van der Waals surface area contributed by atoms with E-state index in [1.165, 1.54) is 0 Å². The third-order valence-electron chi connectivity index (χ3n) is 3.12. The van der Waals surface area contributed by atoms with Crippen molar-refractivity contribution >= 4 is 17.7 Å². The van der Waals surface area contributed by atoms with E-state index in [0.29, 0.717) is 5.56 Å². The lowest BCUT2D eigenvalue weighted by Gasteiger charge is -2.09. The highest BCUT2D eigenvalue weighted by Gasteiger charge is 2.09. The summed E-state index contributed by atoms with van der Waals surface area (Å²) in [4.78, 5) is 12.1. The van der Waals surface area contributed by atoms with Gasteiger partial charge in [0.2, 0.25) is 0 Å². The maximum absolute atomic E-state index is 12.1. The standard InChI is InChI=1S/C18H19NO2/c1-3-7-15-12-16(10-11-17(15)19-2)18(20)21-13-14-8-5-4-6-9-14/h3-12,19H,13H2,1-2H3/b7-3+. The van der Waals surface area contributed by atoms with E-state index in [4.69, 9.17) is 4.74 Å². The molecule has 21 heavy (non-hydrogen) atoms. The summed E-state index contributed by atoms with van der Waals surface area (Å²) in [5, 5.41) is 3.10. The first-order valence-electron chi connectivity index (χ1n) is 6.90. The van der Waals surface area contributed by atoms with Gasteiger partial charge in [0.25, 0.3) is 0 Å². The van der Waals surface area contributed by atoms with Gasteiger partial charge in [-0.05, 0) is 36.2 Å². The largest absolute Gasteiger partial charge is 0.457 e. The van der Waals surface area contributed by atoms with Gasteiger partial charge in [-0.15, -0.1) is 0 Å². The number of hydrogen-bond donors (Lipinski definition) is 1. The SMILES string of the molecule is C/C=C/c1cc(C(=O)OCc2ccccc2)ccc1NC. The highest BCUT2D eigenvalue weighted by Crippen LogP contribution is 2.19. The Labute approximate surface area is 125 Å². The number of benzene rings is 2. The Morgan fingerprint density at radius 1 is 1.19 bits per heavy atom. The van der Waals surface area contributed by atoms with Crippen LogP contribution in [-0.4, -0.2) is 13.0 Å². The van der Waals surface area contributed by atoms with Crippen molar-refractivity contribution in [2.45, 2.75) is 13.5 Å². The van der Waals surface area contributed by atoms with E-state index in [2.05, 4.69) is 5.32 Å². The van der Waals surface area contributed by atoms with Crippen LogP contribution in [-0.2, 0) is 11.3 Å². The first-order valence-corrected chi connectivity index (χ1v) is 6.90. The lowest BCUT2D eigenvalue weighted by atomic mass is 10.1. The van der Waals surface area contributed by atoms with Crippen LogP contribution in [0.3, 0.4) is 0 Å². The maximum Gasteiger partial charge on any atom is 0.338 e. The lowest BCUT2D eigenvalue weighted by molar-refractivity contribution is 0.0472. The molecule has 0 spiro atoms. The normalized spacial score (nSPS) is 10.6. The van der Waals surface area contributed by atoms with Crippen molar-refractivity contribution in [1.29, 1.82) is 0 Å². The maximum atomic E-state index is 12.1. The quantitative estimate of drug-likeness (QED) is 0.838. The zero-order valence-electron chi connectivity index (χ0n) is 12.3.